The average molecular weight is 687 g/mol. The summed E-state index contributed by atoms with van der Waals surface area (Å²) in [5.74, 6) is 0.931. The first-order valence-electron chi connectivity index (χ1n) is 17.2. The number of benzene rings is 1. The summed E-state index contributed by atoms with van der Waals surface area (Å²) in [7, 11) is 5.70. The van der Waals surface area contributed by atoms with Gasteiger partial charge in [0, 0.05) is 77.3 Å². The SMILES string of the molecule is CCN(C(=O)c1cc(F)ccc1Oc1nncnc1N1CCC2(C1)CN([C@H](CCCN(C)CCC(=O)N(C)C)C(C)C)C2)C(C)C.O=CO. The summed E-state index contributed by atoms with van der Waals surface area (Å²) in [5.41, 5.74) is 0.321. The van der Waals surface area contributed by atoms with Gasteiger partial charge in [-0.25, -0.2) is 9.37 Å². The number of aromatic nitrogens is 3. The smallest absolute Gasteiger partial charge is 0.290 e. The van der Waals surface area contributed by atoms with Gasteiger partial charge in [-0.1, -0.05) is 13.8 Å². The average Bonchev–Trinajstić information content (AvgIpc) is 3.48. The Labute approximate surface area is 290 Å². The molecule has 0 saturated carbocycles. The molecule has 49 heavy (non-hydrogen) atoms. The number of carbonyl (C=O) groups excluding carboxylic acids is 2. The first kappa shape index (κ1) is 39.5. The van der Waals surface area contributed by atoms with Gasteiger partial charge in [0.2, 0.25) is 5.91 Å². The number of hydrogen-bond donors (Lipinski definition) is 1. The van der Waals surface area contributed by atoms with Gasteiger partial charge in [-0.15, -0.1) is 10.2 Å². The molecule has 4 rings (SSSR count). The zero-order valence-electron chi connectivity index (χ0n) is 30.4. The minimum atomic E-state index is -0.507. The van der Waals surface area contributed by atoms with E-state index in [1.165, 1.54) is 24.5 Å². The fourth-order valence-corrected chi connectivity index (χ4v) is 6.86. The van der Waals surface area contributed by atoms with Gasteiger partial charge in [-0.3, -0.25) is 19.3 Å². The van der Waals surface area contributed by atoms with Crippen LogP contribution in [0.25, 0.3) is 0 Å². The zero-order valence-corrected chi connectivity index (χ0v) is 30.4. The Bertz CT molecular complexity index is 1390. The molecule has 1 spiro atoms. The Hall–Kier alpha value is -3.91. The highest BCUT2D eigenvalue weighted by molar-refractivity contribution is 5.97. The maximum absolute atomic E-state index is 14.3. The van der Waals surface area contributed by atoms with Crippen molar-refractivity contribution in [1.82, 2.24) is 34.8 Å². The van der Waals surface area contributed by atoms with E-state index >= 15 is 0 Å². The van der Waals surface area contributed by atoms with Crippen LogP contribution in [0, 0.1) is 17.2 Å². The molecule has 0 unspecified atom stereocenters. The number of halogens is 1. The van der Waals surface area contributed by atoms with Crippen molar-refractivity contribution < 1.29 is 28.6 Å². The highest BCUT2D eigenvalue weighted by atomic mass is 19.1. The Morgan fingerprint density at radius 2 is 1.82 bits per heavy atom. The summed E-state index contributed by atoms with van der Waals surface area (Å²) in [4.78, 5) is 48.6. The molecule has 272 valence electrons. The number of carbonyl (C=O) groups is 3. The topological polar surface area (TPSA) is 136 Å². The molecule has 14 heteroatoms. The second kappa shape index (κ2) is 18.2. The molecule has 2 aliphatic rings. The molecule has 3 heterocycles. The van der Waals surface area contributed by atoms with Crippen molar-refractivity contribution in [1.29, 1.82) is 0 Å². The summed E-state index contributed by atoms with van der Waals surface area (Å²) in [6.45, 7) is 16.1. The highest BCUT2D eigenvalue weighted by Crippen LogP contribution is 2.44. The van der Waals surface area contributed by atoms with Crippen LogP contribution in [0.2, 0.25) is 0 Å². The van der Waals surface area contributed by atoms with Crippen molar-refractivity contribution in [2.45, 2.75) is 72.4 Å². The lowest BCUT2D eigenvalue weighted by Gasteiger charge is -2.53. The molecule has 1 atom stereocenters. The lowest BCUT2D eigenvalue weighted by molar-refractivity contribution is -0.129. The minimum absolute atomic E-state index is 0.0492. The van der Waals surface area contributed by atoms with Crippen molar-refractivity contribution >= 4 is 24.1 Å². The maximum Gasteiger partial charge on any atom is 0.290 e. The number of nitrogens with zero attached hydrogens (tertiary/aromatic N) is 8. The molecule has 1 aromatic carbocycles. The summed E-state index contributed by atoms with van der Waals surface area (Å²) in [5, 5.41) is 15.1. The largest absolute Gasteiger partial charge is 0.483 e. The molecule has 0 radical (unpaired) electrons. The van der Waals surface area contributed by atoms with Crippen LogP contribution in [0.15, 0.2) is 24.5 Å². The monoisotopic (exact) mass is 686 g/mol. The Balaban J connectivity index is 0.00000209. The van der Waals surface area contributed by atoms with E-state index in [-0.39, 0.29) is 46.9 Å². The zero-order chi connectivity index (χ0) is 36.3. The van der Waals surface area contributed by atoms with Crippen LogP contribution in [-0.4, -0.2) is 137 Å². The molecule has 2 saturated heterocycles. The molecule has 1 N–H and O–H groups in total. The first-order chi connectivity index (χ1) is 23.2. The van der Waals surface area contributed by atoms with Crippen molar-refractivity contribution in [3.8, 4) is 11.6 Å². The van der Waals surface area contributed by atoms with Gasteiger partial charge in [0.15, 0.2) is 5.82 Å². The van der Waals surface area contributed by atoms with E-state index in [0.717, 1.165) is 58.5 Å². The third-order valence-corrected chi connectivity index (χ3v) is 9.47. The highest BCUT2D eigenvalue weighted by Gasteiger charge is 2.50. The van der Waals surface area contributed by atoms with Crippen LogP contribution in [-0.2, 0) is 9.59 Å². The Morgan fingerprint density at radius 1 is 1.12 bits per heavy atom. The maximum atomic E-state index is 14.3. The quantitative estimate of drug-likeness (QED) is 0.271. The van der Waals surface area contributed by atoms with Crippen molar-refractivity contribution in [3.63, 3.8) is 0 Å². The van der Waals surface area contributed by atoms with E-state index in [1.54, 1.807) is 23.9 Å². The normalized spacial score (nSPS) is 16.0. The first-order valence-corrected chi connectivity index (χ1v) is 17.2. The van der Waals surface area contributed by atoms with Crippen LogP contribution >= 0.6 is 0 Å². The fourth-order valence-electron chi connectivity index (χ4n) is 6.86. The van der Waals surface area contributed by atoms with Gasteiger partial charge in [-0.2, -0.15) is 0 Å². The van der Waals surface area contributed by atoms with Gasteiger partial charge in [0.05, 0.1) is 5.56 Å². The summed E-state index contributed by atoms with van der Waals surface area (Å²) in [6, 6.07) is 4.43. The Kier molecular flexibility index (Phi) is 14.7. The number of ether oxygens (including phenoxy) is 1. The van der Waals surface area contributed by atoms with E-state index in [9.17, 15) is 14.0 Å². The van der Waals surface area contributed by atoms with Crippen LogP contribution in [0.4, 0.5) is 10.2 Å². The molecule has 0 bridgehead atoms. The standard InChI is InChI=1S/C34H53FN8O3.CH2O2/c1-9-43(25(4)5)33(45)27-19-26(35)12-13-29(27)46-32-31(36-23-37-38-32)41-18-15-34(20-41)21-42(22-34)28(24(2)3)11-10-16-40(8)17-14-30(44)39(6)7;2-1-3/h12-13,19,23-25,28H,9-11,14-18,20-22H2,1-8H3;1H,(H,2,3)/t28-;/m1./s1. The fraction of sp³-hybridized carbons (Fsp3) is 0.657. The van der Waals surface area contributed by atoms with E-state index in [1.807, 2.05) is 20.8 Å². The molecule has 2 aromatic rings. The van der Waals surface area contributed by atoms with E-state index in [2.05, 4.69) is 50.8 Å². The minimum Gasteiger partial charge on any atom is -0.483 e. The van der Waals surface area contributed by atoms with E-state index in [0.29, 0.717) is 30.7 Å². The number of amides is 2. The van der Waals surface area contributed by atoms with Crippen LogP contribution in [0.1, 0.15) is 70.7 Å². The molecular weight excluding hydrogens is 631 g/mol. The third-order valence-electron chi connectivity index (χ3n) is 9.47. The van der Waals surface area contributed by atoms with Crippen LogP contribution < -0.4 is 9.64 Å². The van der Waals surface area contributed by atoms with Crippen molar-refractivity contribution in [2.75, 3.05) is 71.9 Å². The number of likely N-dealkylation sites (tertiary alicyclic amines) is 1. The number of carboxylic acid groups (broad SMARTS) is 1. The van der Waals surface area contributed by atoms with Gasteiger partial charge in [0.1, 0.15) is 17.9 Å². The lowest BCUT2D eigenvalue weighted by Crippen LogP contribution is -2.62. The molecule has 0 aliphatic carbocycles. The second-order valence-electron chi connectivity index (χ2n) is 14.0. The number of hydrogen-bond acceptors (Lipinski definition) is 10. The van der Waals surface area contributed by atoms with Gasteiger partial charge < -0.3 is 29.4 Å². The molecule has 2 fully saturated rings. The second-order valence-corrected chi connectivity index (χ2v) is 14.0. The predicted molar refractivity (Wildman–Crippen MR) is 186 cm³/mol. The van der Waals surface area contributed by atoms with Crippen molar-refractivity contribution in [2.24, 2.45) is 11.3 Å². The number of anilines is 1. The molecule has 1 aromatic heterocycles. The van der Waals surface area contributed by atoms with E-state index < -0.39 is 5.82 Å². The van der Waals surface area contributed by atoms with Crippen LogP contribution in [0.5, 0.6) is 11.6 Å². The Morgan fingerprint density at radius 3 is 2.43 bits per heavy atom. The van der Waals surface area contributed by atoms with Gasteiger partial charge in [0.25, 0.3) is 18.3 Å². The summed E-state index contributed by atoms with van der Waals surface area (Å²) in [6.07, 6.45) is 5.23. The van der Waals surface area contributed by atoms with Crippen molar-refractivity contribution in [3.05, 3.63) is 35.9 Å². The third kappa shape index (κ3) is 10.5. The van der Waals surface area contributed by atoms with Gasteiger partial charge in [-0.05, 0) is 77.7 Å². The predicted octanol–water partition coefficient (Wildman–Crippen LogP) is 4.10. The summed E-state index contributed by atoms with van der Waals surface area (Å²) >= 11 is 0. The summed E-state index contributed by atoms with van der Waals surface area (Å²) < 4.78 is 20.5. The molecular formula is C35H55FN8O5. The molecule has 2 amide bonds. The molecule has 2 aliphatic heterocycles. The van der Waals surface area contributed by atoms with Crippen LogP contribution in [0.3, 0.4) is 0 Å². The van der Waals surface area contributed by atoms with Gasteiger partial charge >= 0.3 is 0 Å². The van der Waals surface area contributed by atoms with E-state index in [4.69, 9.17) is 14.6 Å². The number of rotatable bonds is 15. The lowest BCUT2D eigenvalue weighted by atomic mass is 9.76. The molecule has 13 nitrogen and oxygen atoms in total.